The molecule has 0 bridgehead atoms. The highest BCUT2D eigenvalue weighted by molar-refractivity contribution is 14.1. The molecule has 1 aliphatic carbocycles. The molecule has 1 fully saturated rings. The first-order chi connectivity index (χ1) is 7.12. The molecule has 0 unspecified atom stereocenters. The molecule has 0 aliphatic heterocycles. The summed E-state index contributed by atoms with van der Waals surface area (Å²) in [6, 6.07) is 0. The van der Waals surface area contributed by atoms with Crippen molar-refractivity contribution in [2.45, 2.75) is 27.6 Å². The van der Waals surface area contributed by atoms with Crippen LogP contribution in [0.1, 0.15) is 0 Å². The number of rotatable bonds is 0. The van der Waals surface area contributed by atoms with Crippen LogP contribution in [-0.4, -0.2) is 27.6 Å². The first-order valence-electron chi connectivity index (χ1n) is 3.69. The molecule has 0 spiro atoms. The molecule has 1 rings (SSSR count). The predicted octanol–water partition coefficient (Wildman–Crippen LogP) is 4.19. The van der Waals surface area contributed by atoms with Gasteiger partial charge in [-0.2, -0.15) is 39.5 Å². The van der Waals surface area contributed by atoms with E-state index in [-0.39, 0.29) is 22.6 Å². The summed E-state index contributed by atoms with van der Waals surface area (Å²) in [6.45, 7) is 0. The lowest BCUT2D eigenvalue weighted by molar-refractivity contribution is -0.301. The van der Waals surface area contributed by atoms with Gasteiger partial charge in [-0.1, -0.05) is 0 Å². The zero-order valence-corrected chi connectivity index (χ0v) is 9.39. The second-order valence-electron chi connectivity index (χ2n) is 3.37. The van der Waals surface area contributed by atoms with E-state index < -0.39 is 33.5 Å². The molecule has 11 heteroatoms. The van der Waals surface area contributed by atoms with Crippen LogP contribution in [0.5, 0.6) is 0 Å². The highest BCUT2D eigenvalue weighted by atomic mass is 127. The molecule has 0 amide bonds. The number of hydrogen-bond acceptors (Lipinski definition) is 0. The van der Waals surface area contributed by atoms with E-state index in [1.807, 2.05) is 0 Å². The summed E-state index contributed by atoms with van der Waals surface area (Å²) in [7, 11) is 0. The van der Waals surface area contributed by atoms with Crippen LogP contribution in [0.4, 0.5) is 43.9 Å². The minimum Gasteiger partial charge on any atom is -0.224 e. The molecular formula is C6HF10I. The summed E-state index contributed by atoms with van der Waals surface area (Å²) < 4.78 is 120. The highest BCUT2D eigenvalue weighted by Crippen LogP contribution is 2.70. The van der Waals surface area contributed by atoms with Crippen molar-refractivity contribution in [2.75, 3.05) is 0 Å². The topological polar surface area (TPSA) is 0 Å². The van der Waals surface area contributed by atoms with Crippen molar-refractivity contribution in [1.82, 2.24) is 0 Å². The van der Waals surface area contributed by atoms with E-state index in [9.17, 15) is 43.9 Å². The van der Waals surface area contributed by atoms with Gasteiger partial charge in [0.05, 0.1) is 0 Å². The maximum atomic E-state index is 13.1. The Balaban J connectivity index is 3.54. The minimum atomic E-state index is -6.42. The van der Waals surface area contributed by atoms with Crippen LogP contribution in [0.2, 0.25) is 0 Å². The maximum absolute atomic E-state index is 13.1. The van der Waals surface area contributed by atoms with Gasteiger partial charge < -0.3 is 0 Å². The van der Waals surface area contributed by atoms with Gasteiger partial charge in [-0.3, -0.25) is 0 Å². The molecule has 0 radical (unpaired) electrons. The van der Waals surface area contributed by atoms with E-state index in [1.54, 1.807) is 0 Å². The number of alkyl halides is 11. The van der Waals surface area contributed by atoms with Gasteiger partial charge in [-0.05, 0) is 22.6 Å². The van der Waals surface area contributed by atoms with Crippen molar-refractivity contribution >= 4 is 22.6 Å². The average Bonchev–Trinajstić information content (AvgIpc) is 2.03. The van der Waals surface area contributed by atoms with Gasteiger partial charge in [-0.15, -0.1) is 0 Å². The molecule has 0 aromatic rings. The predicted molar refractivity (Wildman–Crippen MR) is 42.2 cm³/mol. The lowest BCUT2D eigenvalue weighted by Crippen LogP contribution is -2.50. The van der Waals surface area contributed by atoms with Crippen molar-refractivity contribution in [3.63, 3.8) is 0 Å². The third-order valence-corrected chi connectivity index (χ3v) is 3.58. The summed E-state index contributed by atoms with van der Waals surface area (Å²) in [6.07, 6.45) is -6.23. The summed E-state index contributed by atoms with van der Waals surface area (Å²) in [5, 5.41) is 0. The minimum absolute atomic E-state index is 0.350. The van der Waals surface area contributed by atoms with Gasteiger partial charge in [-0.25, -0.2) is 4.39 Å². The maximum Gasteiger partial charge on any atom is 0.401 e. The highest BCUT2D eigenvalue weighted by Gasteiger charge is 2.95. The van der Waals surface area contributed by atoms with Crippen molar-refractivity contribution in [2.24, 2.45) is 5.92 Å². The molecule has 2 atom stereocenters. The second-order valence-corrected chi connectivity index (χ2v) is 4.94. The monoisotopic (exact) mass is 390 g/mol. The van der Waals surface area contributed by atoms with Gasteiger partial charge in [0.2, 0.25) is 3.68 Å². The van der Waals surface area contributed by atoms with Gasteiger partial charge in [0.1, 0.15) is 0 Å². The Labute approximate surface area is 100 Å². The van der Waals surface area contributed by atoms with Gasteiger partial charge in [0.15, 0.2) is 5.92 Å². The summed E-state index contributed by atoms with van der Waals surface area (Å²) in [5.41, 5.74) is 0. The fourth-order valence-corrected chi connectivity index (χ4v) is 2.50. The Bertz CT molecular complexity index is 302. The van der Waals surface area contributed by atoms with Crippen LogP contribution in [0, 0.1) is 5.92 Å². The van der Waals surface area contributed by atoms with Gasteiger partial charge >= 0.3 is 23.9 Å². The lowest BCUT2D eigenvalue weighted by Gasteiger charge is -2.27. The quantitative estimate of drug-likeness (QED) is 0.331. The first kappa shape index (κ1) is 15.1. The Morgan fingerprint density at radius 2 is 1.12 bits per heavy atom. The molecule has 1 saturated carbocycles. The standard InChI is InChI=1S/C6HF10I/c7-2(8)1(4(10,11)12)3(9,17)6(15,16)5(2,13)14/h1H/t1-,3-/m1/s1. The number of halogens is 11. The van der Waals surface area contributed by atoms with E-state index in [1.165, 1.54) is 0 Å². The van der Waals surface area contributed by atoms with Crippen molar-refractivity contribution < 1.29 is 43.9 Å². The van der Waals surface area contributed by atoms with E-state index in [2.05, 4.69) is 0 Å². The van der Waals surface area contributed by atoms with Crippen LogP contribution in [0.15, 0.2) is 0 Å². The van der Waals surface area contributed by atoms with Crippen molar-refractivity contribution in [3.8, 4) is 0 Å². The SMILES string of the molecule is FC(F)(F)[C@@H]1C(F)(F)C(F)(F)C(F)(F)[C@]1(F)I. The normalized spacial score (nSPS) is 39.4. The fraction of sp³-hybridized carbons (Fsp3) is 1.00. The zero-order chi connectivity index (χ0) is 14.1. The Kier molecular flexibility index (Phi) is 2.95. The number of hydrogen-bond donors (Lipinski definition) is 0. The molecule has 17 heavy (non-hydrogen) atoms. The fourth-order valence-electron chi connectivity index (χ4n) is 1.42. The molecule has 1 aliphatic rings. The third-order valence-electron chi connectivity index (χ3n) is 2.28. The van der Waals surface area contributed by atoms with E-state index >= 15 is 0 Å². The van der Waals surface area contributed by atoms with Crippen LogP contribution in [-0.2, 0) is 0 Å². The Hall–Kier alpha value is 0.0300. The first-order valence-corrected chi connectivity index (χ1v) is 4.77. The lowest BCUT2D eigenvalue weighted by atomic mass is 10.0. The van der Waals surface area contributed by atoms with E-state index in [4.69, 9.17) is 0 Å². The molecular weight excluding hydrogens is 389 g/mol. The van der Waals surface area contributed by atoms with Crippen molar-refractivity contribution in [1.29, 1.82) is 0 Å². The molecule has 0 aromatic carbocycles. The summed E-state index contributed by atoms with van der Waals surface area (Å²) >= 11 is -0.350. The van der Waals surface area contributed by atoms with Gasteiger partial charge in [0, 0.05) is 0 Å². The van der Waals surface area contributed by atoms with Gasteiger partial charge in [0.25, 0.3) is 0 Å². The summed E-state index contributed by atoms with van der Waals surface area (Å²) in [4.78, 5) is 0. The average molecular weight is 390 g/mol. The Morgan fingerprint density at radius 1 is 0.765 bits per heavy atom. The van der Waals surface area contributed by atoms with E-state index in [0.29, 0.717) is 0 Å². The largest absolute Gasteiger partial charge is 0.401 e. The molecule has 0 saturated heterocycles. The summed E-state index contributed by atoms with van der Waals surface area (Å²) in [5.74, 6) is -23.6. The molecule has 0 heterocycles. The Morgan fingerprint density at radius 3 is 1.24 bits per heavy atom. The smallest absolute Gasteiger partial charge is 0.224 e. The zero-order valence-electron chi connectivity index (χ0n) is 7.23. The molecule has 0 N–H and O–H groups in total. The van der Waals surface area contributed by atoms with Crippen LogP contribution in [0.25, 0.3) is 0 Å². The molecule has 102 valence electrons. The van der Waals surface area contributed by atoms with Crippen molar-refractivity contribution in [3.05, 3.63) is 0 Å². The molecule has 0 aromatic heterocycles. The third kappa shape index (κ3) is 1.56. The van der Waals surface area contributed by atoms with Crippen LogP contribution in [0.3, 0.4) is 0 Å². The molecule has 0 nitrogen and oxygen atoms in total. The van der Waals surface area contributed by atoms with E-state index in [0.717, 1.165) is 0 Å². The van der Waals surface area contributed by atoms with Crippen LogP contribution >= 0.6 is 22.6 Å². The second kappa shape index (κ2) is 3.32. The van der Waals surface area contributed by atoms with Crippen LogP contribution < -0.4 is 0 Å².